The van der Waals surface area contributed by atoms with Crippen LogP contribution in [-0.4, -0.2) is 46.9 Å². The molecule has 0 atom stereocenters. The lowest BCUT2D eigenvalue weighted by Gasteiger charge is -2.14. The first kappa shape index (κ1) is 17.0. The standard InChI is InChI=1S/C16H18ClN3O3/c1-19(10-5-7-15(22)23-2)14(21)9-8-12-16(17)18-13-6-3-4-11-20(12)13/h3-4,6,8-9,11H,5,7,10H2,1-2H3/b9-8+. The van der Waals surface area contributed by atoms with Crippen molar-refractivity contribution in [3.63, 3.8) is 0 Å². The van der Waals surface area contributed by atoms with E-state index in [4.69, 9.17) is 11.6 Å². The molecule has 6 nitrogen and oxygen atoms in total. The number of esters is 1. The Bertz CT molecular complexity index is 739. The second-order valence-corrected chi connectivity index (χ2v) is 5.35. The maximum atomic E-state index is 12.1. The van der Waals surface area contributed by atoms with Crippen LogP contribution in [0.15, 0.2) is 30.5 Å². The Morgan fingerprint density at radius 3 is 2.96 bits per heavy atom. The lowest BCUT2D eigenvalue weighted by molar-refractivity contribution is -0.141. The highest BCUT2D eigenvalue weighted by atomic mass is 35.5. The van der Waals surface area contributed by atoms with Crippen LogP contribution in [0.1, 0.15) is 18.5 Å². The molecule has 0 aliphatic rings. The van der Waals surface area contributed by atoms with Crippen LogP contribution in [0.2, 0.25) is 5.15 Å². The Labute approximate surface area is 139 Å². The fourth-order valence-electron chi connectivity index (χ4n) is 2.09. The number of ether oxygens (including phenoxy) is 1. The summed E-state index contributed by atoms with van der Waals surface area (Å²) >= 11 is 6.11. The summed E-state index contributed by atoms with van der Waals surface area (Å²) in [5.41, 5.74) is 1.37. The minimum absolute atomic E-state index is 0.170. The van der Waals surface area contributed by atoms with Gasteiger partial charge in [0.1, 0.15) is 5.65 Å². The average Bonchev–Trinajstić information content (AvgIpc) is 2.87. The van der Waals surface area contributed by atoms with Crippen molar-refractivity contribution in [2.75, 3.05) is 20.7 Å². The van der Waals surface area contributed by atoms with E-state index in [-0.39, 0.29) is 18.3 Å². The Morgan fingerprint density at radius 2 is 2.22 bits per heavy atom. The largest absolute Gasteiger partial charge is 0.469 e. The number of fused-ring (bicyclic) bond motifs is 1. The summed E-state index contributed by atoms with van der Waals surface area (Å²) < 4.78 is 6.37. The molecule has 0 aliphatic heterocycles. The zero-order valence-electron chi connectivity index (χ0n) is 13.0. The predicted molar refractivity (Wildman–Crippen MR) is 88.1 cm³/mol. The van der Waals surface area contributed by atoms with Crippen molar-refractivity contribution < 1.29 is 14.3 Å². The van der Waals surface area contributed by atoms with Crippen LogP contribution in [0.25, 0.3) is 11.7 Å². The van der Waals surface area contributed by atoms with Crippen LogP contribution in [0.4, 0.5) is 0 Å². The third-order valence-electron chi connectivity index (χ3n) is 3.38. The average molecular weight is 336 g/mol. The summed E-state index contributed by atoms with van der Waals surface area (Å²) in [6, 6.07) is 5.57. The number of pyridine rings is 1. The van der Waals surface area contributed by atoms with E-state index in [1.54, 1.807) is 13.1 Å². The zero-order valence-corrected chi connectivity index (χ0v) is 13.8. The normalized spacial score (nSPS) is 11.1. The van der Waals surface area contributed by atoms with Gasteiger partial charge >= 0.3 is 5.97 Å². The molecule has 2 heterocycles. The predicted octanol–water partition coefficient (Wildman–Crippen LogP) is 2.41. The first-order valence-corrected chi connectivity index (χ1v) is 7.53. The van der Waals surface area contributed by atoms with Crippen molar-refractivity contribution in [1.29, 1.82) is 0 Å². The Hall–Kier alpha value is -2.34. The minimum Gasteiger partial charge on any atom is -0.469 e. The van der Waals surface area contributed by atoms with Crippen LogP contribution in [-0.2, 0) is 14.3 Å². The van der Waals surface area contributed by atoms with E-state index < -0.39 is 0 Å². The van der Waals surface area contributed by atoms with Gasteiger partial charge in [-0.15, -0.1) is 0 Å². The van der Waals surface area contributed by atoms with Crippen molar-refractivity contribution in [2.24, 2.45) is 0 Å². The maximum absolute atomic E-state index is 12.1. The smallest absolute Gasteiger partial charge is 0.305 e. The van der Waals surface area contributed by atoms with Crippen molar-refractivity contribution in [3.05, 3.63) is 41.3 Å². The van der Waals surface area contributed by atoms with Crippen molar-refractivity contribution >= 4 is 35.2 Å². The van der Waals surface area contributed by atoms with Gasteiger partial charge in [-0.05, 0) is 24.6 Å². The summed E-state index contributed by atoms with van der Waals surface area (Å²) in [4.78, 5) is 28.9. The first-order chi connectivity index (χ1) is 11.0. The highest BCUT2D eigenvalue weighted by Crippen LogP contribution is 2.18. The molecule has 122 valence electrons. The molecule has 0 saturated heterocycles. The fourth-order valence-corrected chi connectivity index (χ4v) is 2.33. The van der Waals surface area contributed by atoms with E-state index in [0.717, 1.165) is 5.65 Å². The number of carbonyl (C=O) groups is 2. The molecule has 0 aromatic carbocycles. The molecule has 0 fully saturated rings. The van der Waals surface area contributed by atoms with Gasteiger partial charge in [0.05, 0.1) is 12.8 Å². The Balaban J connectivity index is 1.99. The highest BCUT2D eigenvalue weighted by Gasteiger charge is 2.09. The molecule has 7 heteroatoms. The van der Waals surface area contributed by atoms with Gasteiger partial charge in [-0.1, -0.05) is 17.7 Å². The lowest BCUT2D eigenvalue weighted by Crippen LogP contribution is -2.26. The van der Waals surface area contributed by atoms with Gasteiger partial charge in [0.15, 0.2) is 5.15 Å². The number of rotatable bonds is 6. The monoisotopic (exact) mass is 335 g/mol. The number of nitrogens with zero attached hydrogens (tertiary/aromatic N) is 3. The van der Waals surface area contributed by atoms with Gasteiger partial charge in [-0.3, -0.25) is 14.0 Å². The summed E-state index contributed by atoms with van der Waals surface area (Å²) in [5, 5.41) is 0.341. The number of imidazole rings is 1. The van der Waals surface area contributed by atoms with Gasteiger partial charge in [0.25, 0.3) is 0 Å². The zero-order chi connectivity index (χ0) is 16.8. The molecule has 0 bridgehead atoms. The number of hydrogen-bond acceptors (Lipinski definition) is 4. The number of aromatic nitrogens is 2. The van der Waals surface area contributed by atoms with Crippen molar-refractivity contribution in [2.45, 2.75) is 12.8 Å². The number of methoxy groups -OCH3 is 1. The second kappa shape index (κ2) is 7.78. The van der Waals surface area contributed by atoms with Gasteiger partial charge < -0.3 is 9.64 Å². The summed E-state index contributed by atoms with van der Waals surface area (Å²) in [6.45, 7) is 0.471. The SMILES string of the molecule is COC(=O)CCCN(C)C(=O)/C=C/c1c(Cl)nc2ccccn12. The van der Waals surface area contributed by atoms with Crippen molar-refractivity contribution in [1.82, 2.24) is 14.3 Å². The van der Waals surface area contributed by atoms with Gasteiger partial charge in [0, 0.05) is 32.3 Å². The van der Waals surface area contributed by atoms with E-state index in [2.05, 4.69) is 9.72 Å². The molecule has 0 radical (unpaired) electrons. The van der Waals surface area contributed by atoms with E-state index in [0.29, 0.717) is 23.8 Å². The van der Waals surface area contributed by atoms with E-state index in [1.807, 2.05) is 28.8 Å². The molecule has 0 aliphatic carbocycles. The molecule has 0 unspecified atom stereocenters. The summed E-state index contributed by atoms with van der Waals surface area (Å²) in [6.07, 6.45) is 5.76. The van der Waals surface area contributed by atoms with Crippen molar-refractivity contribution in [3.8, 4) is 0 Å². The molecule has 2 rings (SSSR count). The lowest BCUT2D eigenvalue weighted by atomic mass is 10.3. The number of amides is 1. The highest BCUT2D eigenvalue weighted by molar-refractivity contribution is 6.31. The number of carbonyl (C=O) groups excluding carboxylic acids is 2. The topological polar surface area (TPSA) is 63.9 Å². The molecule has 2 aromatic rings. The third-order valence-corrected chi connectivity index (χ3v) is 3.66. The van der Waals surface area contributed by atoms with Gasteiger partial charge in [-0.25, -0.2) is 4.98 Å². The second-order valence-electron chi connectivity index (χ2n) is 4.99. The number of halogens is 1. The molecule has 2 aromatic heterocycles. The Morgan fingerprint density at radius 1 is 1.43 bits per heavy atom. The fraction of sp³-hybridized carbons (Fsp3) is 0.312. The Kier molecular flexibility index (Phi) is 5.76. The number of likely N-dealkylation sites (N-methyl/N-ethyl adjacent to an activating group) is 1. The summed E-state index contributed by atoms with van der Waals surface area (Å²) in [7, 11) is 3.03. The number of hydrogen-bond donors (Lipinski definition) is 0. The van der Waals surface area contributed by atoms with E-state index >= 15 is 0 Å². The summed E-state index contributed by atoms with van der Waals surface area (Å²) in [5.74, 6) is -0.448. The van der Waals surface area contributed by atoms with E-state index in [1.165, 1.54) is 18.1 Å². The molecular formula is C16H18ClN3O3. The van der Waals surface area contributed by atoms with Crippen LogP contribution in [0.5, 0.6) is 0 Å². The molecular weight excluding hydrogens is 318 g/mol. The minimum atomic E-state index is -0.279. The van der Waals surface area contributed by atoms with E-state index in [9.17, 15) is 9.59 Å². The van der Waals surface area contributed by atoms with Crippen LogP contribution < -0.4 is 0 Å². The first-order valence-electron chi connectivity index (χ1n) is 7.15. The molecule has 1 amide bonds. The van der Waals surface area contributed by atoms with Crippen LogP contribution in [0.3, 0.4) is 0 Å². The molecule has 0 N–H and O–H groups in total. The molecule has 0 spiro atoms. The molecule has 0 saturated carbocycles. The van der Waals surface area contributed by atoms with Crippen LogP contribution in [0, 0.1) is 0 Å². The maximum Gasteiger partial charge on any atom is 0.305 e. The van der Waals surface area contributed by atoms with Crippen LogP contribution >= 0.6 is 11.6 Å². The van der Waals surface area contributed by atoms with Gasteiger partial charge in [0.2, 0.25) is 5.91 Å². The quantitative estimate of drug-likeness (QED) is 0.600. The third kappa shape index (κ3) is 4.32. The molecule has 23 heavy (non-hydrogen) atoms. The van der Waals surface area contributed by atoms with Gasteiger partial charge in [-0.2, -0.15) is 0 Å².